The zero-order valence-corrected chi connectivity index (χ0v) is 13.7. The van der Waals surface area contributed by atoms with Crippen LogP contribution in [0.3, 0.4) is 0 Å². The Labute approximate surface area is 130 Å². The molecule has 0 spiro atoms. The standard InChI is InChI=1S/C15H16BrF2NS/c1-3-19-13(14-4-9(2)15(16)20-14)7-10-5-11(17)8-12(18)6-10/h4-6,8,13,19H,3,7H2,1-2H3. The molecule has 1 aromatic carbocycles. The predicted molar refractivity (Wildman–Crippen MR) is 83.2 cm³/mol. The van der Waals surface area contributed by atoms with Gasteiger partial charge in [0.1, 0.15) is 11.6 Å². The number of hydrogen-bond donors (Lipinski definition) is 1. The van der Waals surface area contributed by atoms with Crippen molar-refractivity contribution in [2.24, 2.45) is 0 Å². The van der Waals surface area contributed by atoms with Crippen molar-refractivity contribution < 1.29 is 8.78 Å². The molecule has 108 valence electrons. The van der Waals surface area contributed by atoms with Crippen molar-refractivity contribution in [3.63, 3.8) is 0 Å². The monoisotopic (exact) mass is 359 g/mol. The van der Waals surface area contributed by atoms with Gasteiger partial charge in [0.15, 0.2) is 0 Å². The average molecular weight is 360 g/mol. The van der Waals surface area contributed by atoms with Crippen LogP contribution in [-0.2, 0) is 6.42 Å². The highest BCUT2D eigenvalue weighted by atomic mass is 79.9. The molecule has 1 heterocycles. The van der Waals surface area contributed by atoms with Gasteiger partial charge in [-0.3, -0.25) is 0 Å². The van der Waals surface area contributed by atoms with Gasteiger partial charge in [-0.05, 0) is 65.1 Å². The summed E-state index contributed by atoms with van der Waals surface area (Å²) >= 11 is 5.17. The van der Waals surface area contributed by atoms with Crippen LogP contribution in [0.2, 0.25) is 0 Å². The van der Waals surface area contributed by atoms with Gasteiger partial charge in [0.25, 0.3) is 0 Å². The molecule has 0 aliphatic heterocycles. The van der Waals surface area contributed by atoms with E-state index < -0.39 is 11.6 Å². The first-order chi connectivity index (χ1) is 9.49. The predicted octanol–water partition coefficient (Wildman–Crippen LogP) is 4.99. The van der Waals surface area contributed by atoms with E-state index in [2.05, 4.69) is 27.3 Å². The van der Waals surface area contributed by atoms with Gasteiger partial charge in [-0.15, -0.1) is 11.3 Å². The summed E-state index contributed by atoms with van der Waals surface area (Å²) in [6, 6.07) is 5.86. The normalized spacial score (nSPS) is 12.7. The molecule has 0 aliphatic carbocycles. The number of nitrogens with one attached hydrogen (secondary N) is 1. The van der Waals surface area contributed by atoms with E-state index in [1.165, 1.54) is 22.6 Å². The molecule has 0 bridgehead atoms. The summed E-state index contributed by atoms with van der Waals surface area (Å²) in [6.45, 7) is 4.86. The average Bonchev–Trinajstić information content (AvgIpc) is 2.68. The summed E-state index contributed by atoms with van der Waals surface area (Å²) in [5, 5.41) is 3.37. The molecule has 0 saturated carbocycles. The summed E-state index contributed by atoms with van der Waals surface area (Å²) in [7, 11) is 0. The molecule has 2 aromatic rings. The molecule has 0 amide bonds. The Kier molecular flexibility index (Phi) is 5.29. The van der Waals surface area contributed by atoms with Crippen LogP contribution in [0.1, 0.15) is 29.0 Å². The van der Waals surface area contributed by atoms with Crippen LogP contribution in [-0.4, -0.2) is 6.54 Å². The summed E-state index contributed by atoms with van der Waals surface area (Å²) in [5.41, 5.74) is 1.84. The molecular formula is C15H16BrF2NS. The Balaban J connectivity index is 2.24. The van der Waals surface area contributed by atoms with Crippen molar-refractivity contribution in [1.82, 2.24) is 5.32 Å². The smallest absolute Gasteiger partial charge is 0.126 e. The van der Waals surface area contributed by atoms with Gasteiger partial charge >= 0.3 is 0 Å². The van der Waals surface area contributed by atoms with Gasteiger partial charge in [0.2, 0.25) is 0 Å². The van der Waals surface area contributed by atoms with Gasteiger partial charge in [-0.1, -0.05) is 6.92 Å². The maximum atomic E-state index is 13.3. The number of aryl methyl sites for hydroxylation is 1. The second kappa shape index (κ2) is 6.78. The van der Waals surface area contributed by atoms with Crippen molar-refractivity contribution in [3.05, 3.63) is 55.7 Å². The highest BCUT2D eigenvalue weighted by Crippen LogP contribution is 2.33. The van der Waals surface area contributed by atoms with Crippen LogP contribution < -0.4 is 5.32 Å². The number of benzene rings is 1. The molecule has 0 aliphatic rings. The summed E-state index contributed by atoms with van der Waals surface area (Å²) in [6.07, 6.45) is 0.564. The van der Waals surface area contributed by atoms with Gasteiger partial charge < -0.3 is 5.32 Å². The summed E-state index contributed by atoms with van der Waals surface area (Å²) in [4.78, 5) is 1.17. The third-order valence-electron chi connectivity index (χ3n) is 3.03. The number of rotatable bonds is 5. The Bertz CT molecular complexity index is 558. The van der Waals surface area contributed by atoms with Crippen molar-refractivity contribution in [1.29, 1.82) is 0 Å². The van der Waals surface area contributed by atoms with E-state index in [1.807, 2.05) is 13.8 Å². The molecule has 0 fully saturated rings. The van der Waals surface area contributed by atoms with Gasteiger partial charge in [0.05, 0.1) is 3.79 Å². The van der Waals surface area contributed by atoms with E-state index in [0.29, 0.717) is 12.0 Å². The SMILES string of the molecule is CCNC(Cc1cc(F)cc(F)c1)c1cc(C)c(Br)s1. The highest BCUT2D eigenvalue weighted by Gasteiger charge is 2.16. The lowest BCUT2D eigenvalue weighted by atomic mass is 10.0. The molecule has 1 N–H and O–H groups in total. The fraction of sp³-hybridized carbons (Fsp3) is 0.333. The van der Waals surface area contributed by atoms with E-state index in [9.17, 15) is 8.78 Å². The van der Waals surface area contributed by atoms with Crippen LogP contribution in [0.25, 0.3) is 0 Å². The van der Waals surface area contributed by atoms with Gasteiger partial charge in [0, 0.05) is 17.0 Å². The van der Waals surface area contributed by atoms with Crippen molar-refractivity contribution >= 4 is 27.3 Å². The molecule has 0 radical (unpaired) electrons. The van der Waals surface area contributed by atoms with Crippen molar-refractivity contribution in [2.45, 2.75) is 26.3 Å². The Hall–Kier alpha value is -0.780. The molecule has 0 saturated heterocycles. The van der Waals surface area contributed by atoms with E-state index in [0.717, 1.165) is 16.4 Å². The fourth-order valence-corrected chi connectivity index (χ4v) is 3.79. The number of likely N-dealkylation sites (N-methyl/N-ethyl adjacent to an activating group) is 1. The third-order valence-corrected chi connectivity index (χ3v) is 5.28. The molecule has 1 unspecified atom stereocenters. The quantitative estimate of drug-likeness (QED) is 0.792. The lowest BCUT2D eigenvalue weighted by Gasteiger charge is -2.16. The minimum absolute atomic E-state index is 0.0659. The Morgan fingerprint density at radius 2 is 1.85 bits per heavy atom. The fourth-order valence-electron chi connectivity index (χ4n) is 2.14. The topological polar surface area (TPSA) is 12.0 Å². The first-order valence-corrected chi connectivity index (χ1v) is 8.04. The van der Waals surface area contributed by atoms with Crippen molar-refractivity contribution in [2.75, 3.05) is 6.54 Å². The van der Waals surface area contributed by atoms with Crippen LogP contribution in [0.4, 0.5) is 8.78 Å². The Morgan fingerprint density at radius 3 is 2.35 bits per heavy atom. The van der Waals surface area contributed by atoms with Crippen LogP contribution in [0.15, 0.2) is 28.1 Å². The zero-order valence-electron chi connectivity index (χ0n) is 11.3. The molecule has 20 heavy (non-hydrogen) atoms. The molecule has 1 atom stereocenters. The summed E-state index contributed by atoms with van der Waals surface area (Å²) in [5.74, 6) is -1.06. The first kappa shape index (κ1) is 15.6. The molecule has 1 aromatic heterocycles. The zero-order chi connectivity index (χ0) is 14.7. The maximum Gasteiger partial charge on any atom is 0.126 e. The lowest BCUT2D eigenvalue weighted by molar-refractivity contribution is 0.545. The first-order valence-electron chi connectivity index (χ1n) is 6.43. The number of hydrogen-bond acceptors (Lipinski definition) is 2. The largest absolute Gasteiger partial charge is 0.309 e. The lowest BCUT2D eigenvalue weighted by Crippen LogP contribution is -2.22. The molecule has 5 heteroatoms. The van der Waals surface area contributed by atoms with Gasteiger partial charge in [-0.25, -0.2) is 8.78 Å². The van der Waals surface area contributed by atoms with E-state index in [4.69, 9.17) is 0 Å². The van der Waals surface area contributed by atoms with Crippen molar-refractivity contribution in [3.8, 4) is 0 Å². The second-order valence-corrected chi connectivity index (χ2v) is 7.10. The molecule has 1 nitrogen and oxygen atoms in total. The highest BCUT2D eigenvalue weighted by molar-refractivity contribution is 9.11. The van der Waals surface area contributed by atoms with E-state index in [1.54, 1.807) is 11.3 Å². The Morgan fingerprint density at radius 1 is 1.20 bits per heavy atom. The minimum atomic E-state index is -0.529. The van der Waals surface area contributed by atoms with Crippen LogP contribution >= 0.6 is 27.3 Å². The minimum Gasteiger partial charge on any atom is -0.309 e. The van der Waals surface area contributed by atoms with Crippen LogP contribution in [0, 0.1) is 18.6 Å². The third kappa shape index (κ3) is 3.87. The van der Waals surface area contributed by atoms with E-state index >= 15 is 0 Å². The number of halogens is 3. The summed E-state index contributed by atoms with van der Waals surface area (Å²) < 4.78 is 27.6. The maximum absolute atomic E-state index is 13.3. The van der Waals surface area contributed by atoms with E-state index in [-0.39, 0.29) is 6.04 Å². The van der Waals surface area contributed by atoms with Gasteiger partial charge in [-0.2, -0.15) is 0 Å². The number of thiophene rings is 1. The second-order valence-electron chi connectivity index (χ2n) is 4.70. The van der Waals surface area contributed by atoms with Crippen LogP contribution in [0.5, 0.6) is 0 Å². The molecular weight excluding hydrogens is 344 g/mol. The molecule has 2 rings (SSSR count).